The maximum atomic E-state index is 12.1. The number of carbonyl (C=O) groups excluding carboxylic acids is 1. The maximum Gasteiger partial charge on any atom is 0.294 e. The second-order valence-electron chi connectivity index (χ2n) is 6.55. The van der Waals surface area contributed by atoms with E-state index >= 15 is 0 Å². The highest BCUT2D eigenvalue weighted by Gasteiger charge is 2.60. The van der Waals surface area contributed by atoms with E-state index in [4.69, 9.17) is 14.2 Å². The molecule has 27 heavy (non-hydrogen) atoms. The monoisotopic (exact) mass is 377 g/mol. The third-order valence-corrected chi connectivity index (χ3v) is 5.20. The van der Waals surface area contributed by atoms with Crippen molar-refractivity contribution in [3.63, 3.8) is 0 Å². The summed E-state index contributed by atoms with van der Waals surface area (Å²) in [5.74, 6) is -1.08. The number of carbonyl (C=O) groups is 1. The number of Topliss-reactive ketones (excluding diaryl/α,β-unsaturated/α-hetero) is 1. The van der Waals surface area contributed by atoms with Gasteiger partial charge in [-0.15, -0.1) is 0 Å². The molecule has 0 aromatic heterocycles. The van der Waals surface area contributed by atoms with Crippen LogP contribution in [-0.4, -0.2) is 43.9 Å². The first-order valence-electron chi connectivity index (χ1n) is 8.59. The third-order valence-electron chi connectivity index (χ3n) is 5.20. The van der Waals surface area contributed by atoms with Crippen molar-refractivity contribution >= 4 is 5.78 Å². The molecule has 0 spiro atoms. The van der Waals surface area contributed by atoms with Gasteiger partial charge in [0.2, 0.25) is 5.79 Å². The number of nitrogens with zero attached hydrogens (tertiary/aromatic N) is 1. The Morgan fingerprint density at radius 3 is 2.44 bits per heavy atom. The first kappa shape index (κ1) is 19.1. The van der Waals surface area contributed by atoms with Crippen LogP contribution in [0.2, 0.25) is 0 Å². The molecule has 2 aliphatic rings. The average Bonchev–Trinajstić information content (AvgIpc) is 2.66. The standard InChI is InChI=1S/C18H23N3O6/c1-25-13-6-4-11(5-7-13)10-19-17-16(21(23)24)14-8-12(22)9-15(20-17)18(14,26-2)27-3/h4-7,14-15,19-20H,8-10H2,1-3H3. The summed E-state index contributed by atoms with van der Waals surface area (Å²) in [6.07, 6.45) is 0.181. The second-order valence-corrected chi connectivity index (χ2v) is 6.55. The number of nitro groups is 1. The van der Waals surface area contributed by atoms with Crippen molar-refractivity contribution in [2.75, 3.05) is 21.3 Å². The zero-order valence-electron chi connectivity index (χ0n) is 15.5. The van der Waals surface area contributed by atoms with Crippen LogP contribution in [0.25, 0.3) is 0 Å². The summed E-state index contributed by atoms with van der Waals surface area (Å²) in [7, 11) is 4.47. The van der Waals surface area contributed by atoms with Crippen molar-refractivity contribution in [1.82, 2.24) is 10.6 Å². The molecule has 1 heterocycles. The summed E-state index contributed by atoms with van der Waals surface area (Å²) in [5.41, 5.74) is 0.806. The molecule has 1 aromatic carbocycles. The first-order chi connectivity index (χ1) is 12.9. The number of ether oxygens (including phenoxy) is 3. The molecule has 9 heteroatoms. The lowest BCUT2D eigenvalue weighted by Crippen LogP contribution is -2.66. The SMILES string of the molecule is COc1ccc(CNC2=C([N+](=O)[O-])C3CC(=O)CC(N2)C3(OC)OC)cc1. The lowest BCUT2D eigenvalue weighted by atomic mass is 9.74. The minimum atomic E-state index is -1.25. The molecule has 1 aliphatic heterocycles. The van der Waals surface area contributed by atoms with Crippen LogP contribution in [0.4, 0.5) is 0 Å². The van der Waals surface area contributed by atoms with E-state index in [1.807, 2.05) is 24.3 Å². The largest absolute Gasteiger partial charge is 0.497 e. The van der Waals surface area contributed by atoms with Gasteiger partial charge in [-0.05, 0) is 17.7 Å². The van der Waals surface area contributed by atoms with E-state index in [1.165, 1.54) is 14.2 Å². The quantitative estimate of drug-likeness (QED) is 0.414. The Bertz CT molecular complexity index is 757. The fourth-order valence-electron chi connectivity index (χ4n) is 3.87. The fourth-order valence-corrected chi connectivity index (χ4v) is 3.87. The normalized spacial score (nSPS) is 23.6. The van der Waals surface area contributed by atoms with Crippen LogP contribution in [0, 0.1) is 16.0 Å². The van der Waals surface area contributed by atoms with Gasteiger partial charge in [0.25, 0.3) is 5.70 Å². The number of methoxy groups -OCH3 is 3. The molecule has 1 aromatic rings. The summed E-state index contributed by atoms with van der Waals surface area (Å²) in [4.78, 5) is 23.4. The maximum absolute atomic E-state index is 12.1. The zero-order valence-corrected chi connectivity index (χ0v) is 15.5. The van der Waals surface area contributed by atoms with Crippen molar-refractivity contribution in [1.29, 1.82) is 0 Å². The van der Waals surface area contributed by atoms with Crippen LogP contribution < -0.4 is 15.4 Å². The second kappa shape index (κ2) is 7.53. The molecular formula is C18H23N3O6. The molecule has 0 saturated heterocycles. The van der Waals surface area contributed by atoms with E-state index in [0.29, 0.717) is 12.4 Å². The number of hydrogen-bond donors (Lipinski definition) is 2. The summed E-state index contributed by atoms with van der Waals surface area (Å²) in [6, 6.07) is 6.88. The van der Waals surface area contributed by atoms with Crippen LogP contribution in [0.5, 0.6) is 5.75 Å². The van der Waals surface area contributed by atoms with E-state index in [9.17, 15) is 14.9 Å². The fraction of sp³-hybridized carbons (Fsp3) is 0.500. The number of nitrogens with one attached hydrogen (secondary N) is 2. The molecule has 1 fully saturated rings. The van der Waals surface area contributed by atoms with Crippen molar-refractivity contribution < 1.29 is 23.9 Å². The molecule has 2 N–H and O–H groups in total. The zero-order chi connectivity index (χ0) is 19.6. The third kappa shape index (κ3) is 3.35. The van der Waals surface area contributed by atoms with Gasteiger partial charge in [0.15, 0.2) is 5.82 Å². The Morgan fingerprint density at radius 2 is 1.89 bits per heavy atom. The van der Waals surface area contributed by atoms with Crippen molar-refractivity contribution in [3.8, 4) is 5.75 Å². The van der Waals surface area contributed by atoms with E-state index < -0.39 is 22.7 Å². The average molecular weight is 377 g/mol. The Kier molecular flexibility index (Phi) is 5.33. The van der Waals surface area contributed by atoms with E-state index in [2.05, 4.69) is 10.6 Å². The van der Waals surface area contributed by atoms with E-state index in [-0.39, 0.29) is 24.3 Å². The molecule has 0 radical (unpaired) electrons. The number of benzene rings is 1. The first-order valence-corrected chi connectivity index (χ1v) is 8.59. The van der Waals surface area contributed by atoms with Crippen LogP contribution in [0.15, 0.2) is 35.8 Å². The highest BCUT2D eigenvalue weighted by atomic mass is 16.7. The topological polar surface area (TPSA) is 112 Å². The molecule has 1 saturated carbocycles. The van der Waals surface area contributed by atoms with Gasteiger partial charge in [0.05, 0.1) is 18.1 Å². The molecule has 2 atom stereocenters. The molecule has 2 bridgehead atoms. The summed E-state index contributed by atoms with van der Waals surface area (Å²) >= 11 is 0. The van der Waals surface area contributed by atoms with Gasteiger partial charge in [0.1, 0.15) is 17.5 Å². The van der Waals surface area contributed by atoms with Crippen LogP contribution in [0.1, 0.15) is 18.4 Å². The highest BCUT2D eigenvalue weighted by molar-refractivity contribution is 5.81. The van der Waals surface area contributed by atoms with Gasteiger partial charge >= 0.3 is 0 Å². The Morgan fingerprint density at radius 1 is 1.22 bits per heavy atom. The predicted octanol–water partition coefficient (Wildman–Crippen LogP) is 1.17. The van der Waals surface area contributed by atoms with Gasteiger partial charge in [-0.2, -0.15) is 0 Å². The summed E-state index contributed by atoms with van der Waals surface area (Å²) < 4.78 is 16.2. The van der Waals surface area contributed by atoms with Gasteiger partial charge in [0, 0.05) is 33.6 Å². The Labute approximate surface area is 156 Å². The molecule has 3 rings (SSSR count). The minimum absolute atomic E-state index is 0.00386. The number of hydrogen-bond acceptors (Lipinski definition) is 8. The number of fused-ring (bicyclic) bond motifs is 2. The molecular weight excluding hydrogens is 354 g/mol. The Balaban J connectivity index is 1.91. The van der Waals surface area contributed by atoms with Crippen molar-refractivity contribution in [2.24, 2.45) is 5.92 Å². The van der Waals surface area contributed by atoms with E-state index in [0.717, 1.165) is 11.3 Å². The lowest BCUT2D eigenvalue weighted by Gasteiger charge is -2.48. The van der Waals surface area contributed by atoms with Gasteiger partial charge < -0.3 is 24.8 Å². The van der Waals surface area contributed by atoms with Crippen molar-refractivity contribution in [3.05, 3.63) is 51.5 Å². The van der Waals surface area contributed by atoms with Crippen LogP contribution in [0.3, 0.4) is 0 Å². The summed E-state index contributed by atoms with van der Waals surface area (Å²) in [6.45, 7) is 0.379. The molecule has 146 valence electrons. The van der Waals surface area contributed by atoms with Gasteiger partial charge in [-0.1, -0.05) is 12.1 Å². The molecule has 0 amide bonds. The summed E-state index contributed by atoms with van der Waals surface area (Å²) in [5, 5.41) is 18.0. The van der Waals surface area contributed by atoms with E-state index in [1.54, 1.807) is 7.11 Å². The van der Waals surface area contributed by atoms with Crippen LogP contribution >= 0.6 is 0 Å². The van der Waals surface area contributed by atoms with Gasteiger partial charge in [-0.3, -0.25) is 14.9 Å². The minimum Gasteiger partial charge on any atom is -0.497 e. The van der Waals surface area contributed by atoms with Gasteiger partial charge in [-0.25, -0.2) is 0 Å². The molecule has 9 nitrogen and oxygen atoms in total. The lowest BCUT2D eigenvalue weighted by molar-refractivity contribution is -0.451. The molecule has 2 unspecified atom stereocenters. The number of rotatable bonds is 7. The predicted molar refractivity (Wildman–Crippen MR) is 95.3 cm³/mol. The number of ketones is 1. The highest BCUT2D eigenvalue weighted by Crippen LogP contribution is 2.44. The van der Waals surface area contributed by atoms with Crippen LogP contribution in [-0.2, 0) is 20.8 Å². The Hall–Kier alpha value is -2.65. The molecule has 1 aliphatic carbocycles. The van der Waals surface area contributed by atoms with Crippen molar-refractivity contribution in [2.45, 2.75) is 31.2 Å². The smallest absolute Gasteiger partial charge is 0.294 e.